The third-order valence-electron chi connectivity index (χ3n) is 14.2. The molecule has 8 aliphatic rings. The van der Waals surface area contributed by atoms with Gasteiger partial charge in [-0.05, 0) is 159 Å². The highest BCUT2D eigenvalue weighted by Gasteiger charge is 2.65. The standard InChI is InChI=1S/C44H48Cl2O6/c1-39-13-25-14-40(2,19-39)22-43(17-25,21-39)31-33(45)32(44-18-26-15-41(3,23-44)20-42(4,16-26)24-44)36(52-30-11-7-28(8-12-30)38(49)50)34(46)35(31)51-29-9-5-27(6-10-29)37(47)48/h5-12,25-26H,13-24H2,1-4H3,(H,47,48)(H,49,50). The van der Waals surface area contributed by atoms with Crippen molar-refractivity contribution in [2.24, 2.45) is 33.5 Å². The molecule has 8 saturated carbocycles. The van der Waals surface area contributed by atoms with Crippen LogP contribution in [-0.2, 0) is 10.8 Å². The third-order valence-corrected chi connectivity index (χ3v) is 15.0. The third kappa shape index (κ3) is 5.40. The van der Waals surface area contributed by atoms with Crippen molar-refractivity contribution in [1.82, 2.24) is 0 Å². The number of hydrogen-bond acceptors (Lipinski definition) is 4. The van der Waals surface area contributed by atoms with E-state index in [4.69, 9.17) is 32.7 Å². The van der Waals surface area contributed by atoms with Crippen molar-refractivity contribution in [3.05, 3.63) is 80.8 Å². The van der Waals surface area contributed by atoms with Crippen LogP contribution < -0.4 is 9.47 Å². The van der Waals surface area contributed by atoms with Gasteiger partial charge in [0.15, 0.2) is 11.5 Å². The maximum Gasteiger partial charge on any atom is 0.335 e. The number of carbonyl (C=O) groups is 2. The molecular formula is C44H48Cl2O6. The van der Waals surface area contributed by atoms with Gasteiger partial charge >= 0.3 is 11.9 Å². The molecule has 0 radical (unpaired) electrons. The molecule has 3 aromatic carbocycles. The lowest BCUT2D eigenvalue weighted by molar-refractivity contribution is -0.112. The highest BCUT2D eigenvalue weighted by molar-refractivity contribution is 6.37. The summed E-state index contributed by atoms with van der Waals surface area (Å²) in [6.07, 6.45) is 13.4. The average molecular weight is 744 g/mol. The Morgan fingerprint density at radius 3 is 1.15 bits per heavy atom. The van der Waals surface area contributed by atoms with Gasteiger partial charge < -0.3 is 19.7 Å². The first-order valence-electron chi connectivity index (χ1n) is 19.0. The molecule has 3 aromatic rings. The molecule has 274 valence electrons. The van der Waals surface area contributed by atoms with Crippen LogP contribution in [0.5, 0.6) is 23.0 Å². The minimum absolute atomic E-state index is 0.173. The molecule has 0 heterocycles. The van der Waals surface area contributed by atoms with E-state index in [-0.39, 0.29) is 43.6 Å². The number of benzene rings is 3. The van der Waals surface area contributed by atoms with E-state index < -0.39 is 11.9 Å². The van der Waals surface area contributed by atoms with Crippen molar-refractivity contribution < 1.29 is 29.3 Å². The number of carboxylic acids is 2. The fraction of sp³-hybridized carbons (Fsp3) is 0.545. The number of hydrogen-bond donors (Lipinski definition) is 2. The van der Waals surface area contributed by atoms with Crippen LogP contribution in [0.4, 0.5) is 0 Å². The summed E-state index contributed by atoms with van der Waals surface area (Å²) in [7, 11) is 0. The van der Waals surface area contributed by atoms with Gasteiger partial charge in [-0.15, -0.1) is 0 Å². The van der Waals surface area contributed by atoms with Crippen molar-refractivity contribution >= 4 is 35.1 Å². The molecule has 11 rings (SSSR count). The summed E-state index contributed by atoms with van der Waals surface area (Å²) < 4.78 is 13.8. The summed E-state index contributed by atoms with van der Waals surface area (Å²) in [5, 5.41) is 20.3. The van der Waals surface area contributed by atoms with Gasteiger partial charge in [0.1, 0.15) is 16.5 Å². The Morgan fingerprint density at radius 1 is 0.538 bits per heavy atom. The molecule has 6 nitrogen and oxygen atoms in total. The lowest BCUT2D eigenvalue weighted by atomic mass is 9.38. The van der Waals surface area contributed by atoms with Crippen LogP contribution in [0.15, 0.2) is 48.5 Å². The second kappa shape index (κ2) is 11.2. The van der Waals surface area contributed by atoms with Crippen LogP contribution in [0.25, 0.3) is 0 Å². The van der Waals surface area contributed by atoms with E-state index in [9.17, 15) is 19.8 Å². The first-order valence-corrected chi connectivity index (χ1v) is 19.8. The van der Waals surface area contributed by atoms with Crippen LogP contribution in [0.2, 0.25) is 10.0 Å². The van der Waals surface area contributed by atoms with Crippen LogP contribution in [0.1, 0.15) is 137 Å². The fourth-order valence-corrected chi connectivity index (χ4v) is 15.6. The van der Waals surface area contributed by atoms with Gasteiger partial charge in [0.2, 0.25) is 0 Å². The Hall–Kier alpha value is -3.22. The smallest absolute Gasteiger partial charge is 0.335 e. The maximum absolute atomic E-state index is 11.7. The van der Waals surface area contributed by atoms with Gasteiger partial charge in [-0.25, -0.2) is 9.59 Å². The maximum atomic E-state index is 11.7. The Bertz CT molecular complexity index is 1840. The Balaban J connectivity index is 1.30. The molecule has 8 fully saturated rings. The van der Waals surface area contributed by atoms with Gasteiger partial charge in [0.25, 0.3) is 0 Å². The molecule has 2 N–H and O–H groups in total. The van der Waals surface area contributed by atoms with Crippen molar-refractivity contribution in [3.8, 4) is 23.0 Å². The predicted molar refractivity (Wildman–Crippen MR) is 202 cm³/mol. The number of aromatic carboxylic acids is 2. The first kappa shape index (κ1) is 34.5. The van der Waals surface area contributed by atoms with Gasteiger partial charge in [-0.3, -0.25) is 0 Å². The van der Waals surface area contributed by atoms with Gasteiger partial charge in [-0.1, -0.05) is 50.9 Å². The Morgan fingerprint density at radius 2 is 0.865 bits per heavy atom. The summed E-state index contributed by atoms with van der Waals surface area (Å²) in [6, 6.07) is 12.9. The van der Waals surface area contributed by atoms with E-state index in [1.807, 2.05) is 0 Å². The molecular weight excluding hydrogens is 695 g/mol. The highest BCUT2D eigenvalue weighted by atomic mass is 35.5. The van der Waals surface area contributed by atoms with Gasteiger partial charge in [0.05, 0.1) is 16.1 Å². The first-order chi connectivity index (χ1) is 24.4. The molecule has 0 aromatic heterocycles. The summed E-state index contributed by atoms with van der Waals surface area (Å²) in [5.74, 6) is 1.11. The van der Waals surface area contributed by atoms with Crippen LogP contribution >= 0.6 is 23.2 Å². The minimum Gasteiger partial charge on any atom is -0.478 e. The second-order valence-corrected chi connectivity index (χ2v) is 20.5. The molecule has 52 heavy (non-hydrogen) atoms. The molecule has 8 heteroatoms. The average Bonchev–Trinajstić information content (AvgIpc) is 3.00. The van der Waals surface area contributed by atoms with E-state index in [1.165, 1.54) is 38.5 Å². The second-order valence-electron chi connectivity index (χ2n) is 19.7. The molecule has 0 spiro atoms. The van der Waals surface area contributed by atoms with Crippen LogP contribution in [0.3, 0.4) is 0 Å². The molecule has 8 aliphatic carbocycles. The van der Waals surface area contributed by atoms with E-state index in [1.54, 1.807) is 48.5 Å². The SMILES string of the molecule is CC12CC3CC(C)(C1)CC(c1c(Cl)c(C45CC6CC(C)(CC(C)(C6)C4)C5)c(Oc4ccc(C(=O)O)cc4)c(Cl)c1Oc1ccc(C(=O)O)cc1)(C3)C2. The predicted octanol–water partition coefficient (Wildman–Crippen LogP) is 12.5. The number of halogens is 2. The van der Waals surface area contributed by atoms with Gasteiger partial charge in [-0.2, -0.15) is 0 Å². The molecule has 0 saturated heterocycles. The summed E-state index contributed by atoms with van der Waals surface area (Å²) in [5.41, 5.74) is 2.61. The zero-order chi connectivity index (χ0) is 36.6. The summed E-state index contributed by atoms with van der Waals surface area (Å²) in [4.78, 5) is 23.5. The zero-order valence-corrected chi connectivity index (χ0v) is 32.1. The highest BCUT2D eigenvalue weighted by Crippen LogP contribution is 2.75. The number of rotatable bonds is 8. The minimum atomic E-state index is -1.00. The molecule has 8 bridgehead atoms. The van der Waals surface area contributed by atoms with Crippen molar-refractivity contribution in [3.63, 3.8) is 0 Å². The number of ether oxygens (including phenoxy) is 2. The van der Waals surface area contributed by atoms with E-state index >= 15 is 0 Å². The zero-order valence-electron chi connectivity index (χ0n) is 30.5. The molecule has 4 atom stereocenters. The number of carboxylic acid groups (broad SMARTS) is 2. The Kier molecular flexibility index (Phi) is 7.42. The van der Waals surface area contributed by atoms with Crippen LogP contribution in [-0.4, -0.2) is 22.2 Å². The lowest BCUT2D eigenvalue weighted by Crippen LogP contribution is -2.58. The van der Waals surface area contributed by atoms with Crippen molar-refractivity contribution in [2.75, 3.05) is 0 Å². The monoisotopic (exact) mass is 742 g/mol. The molecule has 4 unspecified atom stereocenters. The normalized spacial score (nSPS) is 38.0. The molecule has 0 amide bonds. The quantitative estimate of drug-likeness (QED) is 0.239. The lowest BCUT2D eigenvalue weighted by Gasteiger charge is -2.67. The largest absolute Gasteiger partial charge is 0.478 e. The van der Waals surface area contributed by atoms with Crippen molar-refractivity contribution in [2.45, 2.75) is 116 Å². The van der Waals surface area contributed by atoms with Gasteiger partial charge in [0, 0.05) is 22.0 Å². The topological polar surface area (TPSA) is 93.1 Å². The summed E-state index contributed by atoms with van der Waals surface area (Å²) >= 11 is 15.9. The Labute approximate surface area is 316 Å². The van der Waals surface area contributed by atoms with Crippen molar-refractivity contribution in [1.29, 1.82) is 0 Å². The fourth-order valence-electron chi connectivity index (χ4n) is 14.8. The van der Waals surface area contributed by atoms with E-state index in [0.29, 0.717) is 44.9 Å². The van der Waals surface area contributed by atoms with E-state index in [0.717, 1.165) is 49.7 Å². The van der Waals surface area contributed by atoms with E-state index in [2.05, 4.69) is 27.7 Å². The molecule has 0 aliphatic heterocycles. The van der Waals surface area contributed by atoms with Crippen LogP contribution in [0, 0.1) is 33.5 Å². The summed E-state index contributed by atoms with van der Waals surface area (Å²) in [6.45, 7) is 9.85.